The van der Waals surface area contributed by atoms with Gasteiger partial charge in [-0.25, -0.2) is 0 Å². The summed E-state index contributed by atoms with van der Waals surface area (Å²) in [6.45, 7) is 6.81. The number of para-hydroxylation sites is 1. The molecule has 1 aromatic heterocycles. The molecule has 234 valence electrons. The van der Waals surface area contributed by atoms with Gasteiger partial charge in [0.05, 0.1) is 11.0 Å². The summed E-state index contributed by atoms with van der Waals surface area (Å²) in [5.74, 6) is 0. The lowest BCUT2D eigenvalue weighted by molar-refractivity contribution is 0.590. The maximum Gasteiger partial charge on any atom is 0.0541 e. The number of benzene rings is 8. The minimum atomic E-state index is 0.114. The van der Waals surface area contributed by atoms with Crippen LogP contribution in [-0.2, 0) is 5.41 Å². The van der Waals surface area contributed by atoms with Gasteiger partial charge in [-0.05, 0) is 102 Å². The highest BCUT2D eigenvalue weighted by atomic mass is 15.0. The third kappa shape index (κ3) is 4.85. The van der Waals surface area contributed by atoms with E-state index in [1.54, 1.807) is 0 Å². The molecule has 0 aliphatic carbocycles. The first-order valence-corrected chi connectivity index (χ1v) is 17.2. The minimum absolute atomic E-state index is 0.114. The zero-order valence-electron chi connectivity index (χ0n) is 28.1. The van der Waals surface area contributed by atoms with Gasteiger partial charge in [0.15, 0.2) is 0 Å². The number of hydrogen-bond acceptors (Lipinski definition) is 0. The molecule has 0 saturated carbocycles. The van der Waals surface area contributed by atoms with E-state index in [2.05, 4.69) is 195 Å². The van der Waals surface area contributed by atoms with Crippen LogP contribution in [0.3, 0.4) is 0 Å². The third-order valence-electron chi connectivity index (χ3n) is 10.1. The normalized spacial score (nSPS) is 12.0. The van der Waals surface area contributed by atoms with Crippen molar-refractivity contribution < 1.29 is 0 Å². The molecule has 1 nitrogen and oxygen atoms in total. The van der Waals surface area contributed by atoms with Gasteiger partial charge in [0.2, 0.25) is 0 Å². The Morgan fingerprint density at radius 1 is 0.347 bits per heavy atom. The van der Waals surface area contributed by atoms with Gasteiger partial charge in [-0.2, -0.15) is 0 Å². The van der Waals surface area contributed by atoms with Crippen LogP contribution in [-0.4, -0.2) is 4.57 Å². The summed E-state index contributed by atoms with van der Waals surface area (Å²) >= 11 is 0. The van der Waals surface area contributed by atoms with E-state index in [1.165, 1.54) is 88.0 Å². The van der Waals surface area contributed by atoms with Crippen LogP contribution < -0.4 is 0 Å². The van der Waals surface area contributed by atoms with E-state index in [9.17, 15) is 0 Å². The molecule has 0 aliphatic rings. The molecule has 0 amide bonds. The summed E-state index contributed by atoms with van der Waals surface area (Å²) in [5.41, 5.74) is 12.6. The Balaban J connectivity index is 1.29. The molecule has 0 bridgehead atoms. The summed E-state index contributed by atoms with van der Waals surface area (Å²) in [6, 6.07) is 62.5. The monoisotopic (exact) mass is 627 g/mol. The largest absolute Gasteiger partial charge is 0.309 e. The van der Waals surface area contributed by atoms with Crippen LogP contribution in [0.5, 0.6) is 0 Å². The van der Waals surface area contributed by atoms with Crippen molar-refractivity contribution in [3.8, 4) is 39.1 Å². The molecule has 9 aromatic rings. The minimum Gasteiger partial charge on any atom is -0.309 e. The molecular weight excluding hydrogens is 591 g/mol. The number of fused-ring (bicyclic) bond motifs is 5. The summed E-state index contributed by atoms with van der Waals surface area (Å²) in [5, 5.41) is 7.61. The molecule has 0 fully saturated rings. The van der Waals surface area contributed by atoms with E-state index in [4.69, 9.17) is 0 Å². The smallest absolute Gasteiger partial charge is 0.0541 e. The van der Waals surface area contributed by atoms with Crippen molar-refractivity contribution in [1.29, 1.82) is 0 Å². The number of hydrogen-bond donors (Lipinski definition) is 0. The maximum absolute atomic E-state index is 2.42. The van der Waals surface area contributed by atoms with E-state index in [0.717, 1.165) is 0 Å². The van der Waals surface area contributed by atoms with Crippen LogP contribution in [0.1, 0.15) is 26.3 Å². The zero-order chi connectivity index (χ0) is 33.1. The Morgan fingerprint density at radius 3 is 1.43 bits per heavy atom. The maximum atomic E-state index is 2.42. The molecule has 0 unspecified atom stereocenters. The lowest BCUT2D eigenvalue weighted by atomic mass is 9.85. The molecule has 8 aromatic carbocycles. The van der Waals surface area contributed by atoms with Crippen LogP contribution in [0.2, 0.25) is 0 Å². The van der Waals surface area contributed by atoms with Gasteiger partial charge in [0.1, 0.15) is 0 Å². The van der Waals surface area contributed by atoms with Gasteiger partial charge in [-0.1, -0.05) is 154 Å². The number of aromatic nitrogens is 1. The Hall–Kier alpha value is -5.92. The van der Waals surface area contributed by atoms with Crippen LogP contribution >= 0.6 is 0 Å². The Morgan fingerprint density at radius 2 is 0.816 bits per heavy atom. The van der Waals surface area contributed by atoms with Gasteiger partial charge in [0, 0.05) is 16.5 Å². The fourth-order valence-electron chi connectivity index (χ4n) is 7.73. The Bertz CT molecular complexity index is 2650. The van der Waals surface area contributed by atoms with Crippen molar-refractivity contribution in [3.05, 3.63) is 175 Å². The molecule has 0 saturated heterocycles. The fraction of sp³-hybridized carbons (Fsp3) is 0.0833. The van der Waals surface area contributed by atoms with Gasteiger partial charge in [-0.15, -0.1) is 0 Å². The molecule has 1 heteroatoms. The Labute approximate surface area is 287 Å². The van der Waals surface area contributed by atoms with Crippen molar-refractivity contribution in [1.82, 2.24) is 4.57 Å². The molecule has 1 heterocycles. The molecule has 0 spiro atoms. The lowest BCUT2D eigenvalue weighted by Gasteiger charge is -2.19. The van der Waals surface area contributed by atoms with Gasteiger partial charge in [-0.3, -0.25) is 0 Å². The highest BCUT2D eigenvalue weighted by Gasteiger charge is 2.19. The van der Waals surface area contributed by atoms with Gasteiger partial charge < -0.3 is 4.57 Å². The molecule has 49 heavy (non-hydrogen) atoms. The average molecular weight is 628 g/mol. The summed E-state index contributed by atoms with van der Waals surface area (Å²) in [7, 11) is 0. The van der Waals surface area contributed by atoms with Crippen molar-refractivity contribution >= 4 is 43.4 Å². The van der Waals surface area contributed by atoms with E-state index >= 15 is 0 Å². The molecule has 9 rings (SSSR count). The summed E-state index contributed by atoms with van der Waals surface area (Å²) in [6.07, 6.45) is 0. The predicted molar refractivity (Wildman–Crippen MR) is 211 cm³/mol. The predicted octanol–water partition coefficient (Wildman–Crippen LogP) is 13.4. The van der Waals surface area contributed by atoms with Crippen LogP contribution in [0.25, 0.3) is 82.4 Å². The summed E-state index contributed by atoms with van der Waals surface area (Å²) in [4.78, 5) is 0. The van der Waals surface area contributed by atoms with Gasteiger partial charge in [0.25, 0.3) is 0 Å². The average Bonchev–Trinajstić information content (AvgIpc) is 3.47. The molecule has 0 radical (unpaired) electrons. The van der Waals surface area contributed by atoms with Crippen LogP contribution in [0.15, 0.2) is 170 Å². The second-order valence-electron chi connectivity index (χ2n) is 14.2. The van der Waals surface area contributed by atoms with Crippen LogP contribution in [0, 0.1) is 0 Å². The fourth-order valence-corrected chi connectivity index (χ4v) is 7.73. The highest BCUT2D eigenvalue weighted by molar-refractivity contribution is 6.22. The SMILES string of the molecule is CC(C)(C)c1ccc(-n2c3ccccc3c3cc(-c4ccc5c(-c6ccccc6)c6ccccc6c(-c6ccccc6)c5c4)ccc32)cc1. The van der Waals surface area contributed by atoms with Crippen molar-refractivity contribution in [3.63, 3.8) is 0 Å². The van der Waals surface area contributed by atoms with Crippen molar-refractivity contribution in [2.24, 2.45) is 0 Å². The topological polar surface area (TPSA) is 4.93 Å². The van der Waals surface area contributed by atoms with E-state index in [1.807, 2.05) is 0 Å². The van der Waals surface area contributed by atoms with E-state index < -0.39 is 0 Å². The van der Waals surface area contributed by atoms with Crippen LogP contribution in [0.4, 0.5) is 0 Å². The second-order valence-corrected chi connectivity index (χ2v) is 14.2. The molecule has 0 N–H and O–H groups in total. The lowest BCUT2D eigenvalue weighted by Crippen LogP contribution is -2.10. The second kappa shape index (κ2) is 11.4. The number of nitrogens with zero attached hydrogens (tertiary/aromatic N) is 1. The summed E-state index contributed by atoms with van der Waals surface area (Å²) < 4.78 is 2.41. The third-order valence-corrected chi connectivity index (χ3v) is 10.1. The first-order valence-electron chi connectivity index (χ1n) is 17.2. The molecule has 0 aliphatic heterocycles. The number of rotatable bonds is 4. The molecular formula is C48H37N. The zero-order valence-corrected chi connectivity index (χ0v) is 28.1. The first-order chi connectivity index (χ1) is 24.0. The van der Waals surface area contributed by atoms with E-state index in [0.29, 0.717) is 0 Å². The van der Waals surface area contributed by atoms with Gasteiger partial charge >= 0.3 is 0 Å². The quantitative estimate of drug-likeness (QED) is 0.171. The Kier molecular flexibility index (Phi) is 6.78. The molecule has 0 atom stereocenters. The van der Waals surface area contributed by atoms with Crippen molar-refractivity contribution in [2.75, 3.05) is 0 Å². The highest BCUT2D eigenvalue weighted by Crippen LogP contribution is 2.45. The first kappa shape index (κ1) is 29.2. The standard InChI is InChI=1S/C48H37N/c1-48(2,3)36-24-26-37(27-25-36)49-44-21-13-12-18-38(44)42-30-35(23-29-45(42)49)34-22-28-41-43(31-34)47(33-16-8-5-9-17-33)40-20-11-10-19-39(40)46(41)32-14-6-4-7-15-32/h4-31H,1-3H3. The van der Waals surface area contributed by atoms with Crippen molar-refractivity contribution in [2.45, 2.75) is 26.2 Å². The van der Waals surface area contributed by atoms with E-state index in [-0.39, 0.29) is 5.41 Å².